The molecule has 0 radical (unpaired) electrons. The number of nitrogens with one attached hydrogen (secondary N) is 1. The normalized spacial score (nSPS) is 16.6. The molecule has 27 heavy (non-hydrogen) atoms. The van der Waals surface area contributed by atoms with Crippen molar-refractivity contribution in [1.82, 2.24) is 10.3 Å². The van der Waals surface area contributed by atoms with Gasteiger partial charge in [-0.05, 0) is 74.6 Å². The number of nitrogens with zero attached hydrogens (tertiary/aromatic N) is 1. The van der Waals surface area contributed by atoms with Gasteiger partial charge in [0.15, 0.2) is 0 Å². The first kappa shape index (κ1) is 19.3. The van der Waals surface area contributed by atoms with E-state index in [2.05, 4.69) is 10.3 Å². The zero-order chi connectivity index (χ0) is 19.8. The van der Waals surface area contributed by atoms with Crippen LogP contribution in [0.2, 0.25) is 0 Å². The molecule has 0 spiro atoms. The minimum atomic E-state index is -1.48. The number of carbonyl (C=O) groups is 1. The van der Waals surface area contributed by atoms with E-state index in [4.69, 9.17) is 5.11 Å². The van der Waals surface area contributed by atoms with Crippen molar-refractivity contribution in [2.45, 2.75) is 37.9 Å². The summed E-state index contributed by atoms with van der Waals surface area (Å²) in [5, 5.41) is 32.9. The summed E-state index contributed by atoms with van der Waals surface area (Å²) in [6, 6.07) is 9.06. The van der Waals surface area contributed by atoms with E-state index < -0.39 is 17.3 Å². The Morgan fingerprint density at radius 2 is 1.85 bits per heavy atom. The van der Waals surface area contributed by atoms with Crippen LogP contribution in [0, 0.1) is 11.7 Å². The highest BCUT2D eigenvalue weighted by molar-refractivity contribution is 5.64. The Labute approximate surface area is 156 Å². The van der Waals surface area contributed by atoms with Crippen LogP contribution in [0.25, 0.3) is 11.3 Å². The third-order valence-corrected chi connectivity index (χ3v) is 4.88. The number of hydrogen-bond acceptors (Lipinski definition) is 4. The van der Waals surface area contributed by atoms with Crippen molar-refractivity contribution in [3.8, 4) is 11.3 Å². The molecule has 6 nitrogen and oxygen atoms in total. The third-order valence-electron chi connectivity index (χ3n) is 4.88. The Hall–Kier alpha value is -2.51. The molecule has 2 aromatic rings. The molecule has 1 saturated carbocycles. The van der Waals surface area contributed by atoms with E-state index in [-0.39, 0.29) is 24.0 Å². The molecule has 3 rings (SSSR count). The lowest BCUT2D eigenvalue weighted by Crippen LogP contribution is -2.43. The summed E-state index contributed by atoms with van der Waals surface area (Å²) in [5.74, 6) is -0.493. The fourth-order valence-electron chi connectivity index (χ4n) is 3.09. The maximum absolute atomic E-state index is 13.3. The fourth-order valence-corrected chi connectivity index (χ4v) is 3.09. The highest BCUT2D eigenvalue weighted by atomic mass is 19.1. The van der Waals surface area contributed by atoms with Crippen LogP contribution >= 0.6 is 0 Å². The average Bonchev–Trinajstić information content (AvgIpc) is 3.44. The topological polar surface area (TPSA) is 103 Å². The highest BCUT2D eigenvalue weighted by Gasteiger charge is 2.47. The Morgan fingerprint density at radius 1 is 1.22 bits per heavy atom. The molecular weight excluding hydrogens is 351 g/mol. The number of aliphatic hydroxyl groups is 2. The summed E-state index contributed by atoms with van der Waals surface area (Å²) in [6.07, 6.45) is 0.294. The molecule has 1 aliphatic carbocycles. The van der Waals surface area contributed by atoms with Gasteiger partial charge in [-0.25, -0.2) is 14.2 Å². The van der Waals surface area contributed by atoms with Gasteiger partial charge in [-0.15, -0.1) is 0 Å². The second-order valence-electron chi connectivity index (χ2n) is 7.55. The van der Waals surface area contributed by atoms with Gasteiger partial charge in [-0.2, -0.15) is 0 Å². The average molecular weight is 374 g/mol. The Bertz CT molecular complexity index is 844. The molecule has 1 aromatic carbocycles. The number of rotatable bonds is 6. The number of amides is 1. The maximum atomic E-state index is 13.3. The number of carboxylic acid groups (broad SMARTS) is 1. The molecule has 1 fully saturated rings. The summed E-state index contributed by atoms with van der Waals surface area (Å²) in [4.78, 5) is 15.5. The van der Waals surface area contributed by atoms with Crippen LogP contribution in [0.1, 0.15) is 37.9 Å². The third kappa shape index (κ3) is 4.26. The van der Waals surface area contributed by atoms with Gasteiger partial charge in [0.05, 0.1) is 23.5 Å². The van der Waals surface area contributed by atoms with Crippen molar-refractivity contribution >= 4 is 6.09 Å². The zero-order valence-electron chi connectivity index (χ0n) is 15.2. The zero-order valence-corrected chi connectivity index (χ0v) is 15.2. The number of benzene rings is 1. The van der Waals surface area contributed by atoms with E-state index in [1.54, 1.807) is 38.1 Å². The lowest BCUT2D eigenvalue weighted by Gasteiger charge is -2.30. The summed E-state index contributed by atoms with van der Waals surface area (Å²) in [5.41, 5.74) is -0.753. The van der Waals surface area contributed by atoms with Crippen molar-refractivity contribution in [3.05, 3.63) is 53.5 Å². The molecule has 1 aromatic heterocycles. The van der Waals surface area contributed by atoms with E-state index in [9.17, 15) is 19.4 Å². The Kier molecular flexibility index (Phi) is 4.92. The highest BCUT2D eigenvalue weighted by Crippen LogP contribution is 2.46. The van der Waals surface area contributed by atoms with E-state index in [1.807, 2.05) is 0 Å². The molecule has 4 N–H and O–H groups in total. The number of pyridine rings is 1. The van der Waals surface area contributed by atoms with Crippen molar-refractivity contribution in [2.75, 3.05) is 6.54 Å². The standard InChI is InChI=1S/C20H23FN2O4/c1-19(2,26)14-9-16(12-3-7-15(21)8-4-12)23-17(10-14)20(27,13-5-6-13)11-22-18(24)25/h3-4,7-10,13,22,26-27H,5-6,11H2,1-2H3,(H,24,25). The predicted molar refractivity (Wildman–Crippen MR) is 97.5 cm³/mol. The molecule has 7 heteroatoms. The molecular formula is C20H23FN2O4. The van der Waals surface area contributed by atoms with Gasteiger partial charge in [0.2, 0.25) is 0 Å². The molecule has 1 aliphatic rings. The summed E-state index contributed by atoms with van der Waals surface area (Å²) in [7, 11) is 0. The SMILES string of the molecule is CC(C)(O)c1cc(-c2ccc(F)cc2)nc(C(O)(CNC(=O)O)C2CC2)c1. The molecule has 144 valence electrons. The van der Waals surface area contributed by atoms with Gasteiger partial charge in [-0.3, -0.25) is 0 Å². The molecule has 1 atom stereocenters. The summed E-state index contributed by atoms with van der Waals surface area (Å²) in [6.45, 7) is 3.04. The largest absolute Gasteiger partial charge is 0.465 e. The summed E-state index contributed by atoms with van der Waals surface area (Å²) >= 11 is 0. The smallest absolute Gasteiger partial charge is 0.404 e. The van der Waals surface area contributed by atoms with Crippen LogP contribution in [0.3, 0.4) is 0 Å². The van der Waals surface area contributed by atoms with Crippen molar-refractivity contribution in [2.24, 2.45) is 5.92 Å². The number of aromatic nitrogens is 1. The van der Waals surface area contributed by atoms with Crippen LogP contribution in [0.4, 0.5) is 9.18 Å². The monoisotopic (exact) mass is 374 g/mol. The quantitative estimate of drug-likeness (QED) is 0.623. The molecule has 0 bridgehead atoms. The van der Waals surface area contributed by atoms with Crippen molar-refractivity contribution in [1.29, 1.82) is 0 Å². The van der Waals surface area contributed by atoms with Crippen LogP contribution < -0.4 is 5.32 Å². The lowest BCUT2D eigenvalue weighted by molar-refractivity contribution is 0.00941. The second-order valence-corrected chi connectivity index (χ2v) is 7.55. The van der Waals surface area contributed by atoms with E-state index >= 15 is 0 Å². The molecule has 1 unspecified atom stereocenters. The van der Waals surface area contributed by atoms with Gasteiger partial charge < -0.3 is 20.6 Å². The van der Waals surface area contributed by atoms with Crippen molar-refractivity contribution in [3.63, 3.8) is 0 Å². The van der Waals surface area contributed by atoms with Gasteiger partial charge in [0, 0.05) is 5.56 Å². The lowest BCUT2D eigenvalue weighted by atomic mass is 9.88. The van der Waals surface area contributed by atoms with Crippen LogP contribution in [0.15, 0.2) is 36.4 Å². The van der Waals surface area contributed by atoms with Crippen molar-refractivity contribution < 1.29 is 24.5 Å². The maximum Gasteiger partial charge on any atom is 0.404 e. The first-order valence-electron chi connectivity index (χ1n) is 8.80. The van der Waals surface area contributed by atoms with Crippen LogP contribution in [0.5, 0.6) is 0 Å². The Balaban J connectivity index is 2.11. The van der Waals surface area contributed by atoms with E-state index in [0.29, 0.717) is 16.8 Å². The number of hydrogen-bond donors (Lipinski definition) is 4. The number of halogens is 1. The van der Waals surface area contributed by atoms with E-state index in [1.165, 1.54) is 12.1 Å². The molecule has 1 amide bonds. The molecule has 0 saturated heterocycles. The minimum Gasteiger partial charge on any atom is -0.465 e. The fraction of sp³-hybridized carbons (Fsp3) is 0.400. The second kappa shape index (κ2) is 6.90. The minimum absolute atomic E-state index is 0.116. The first-order valence-corrected chi connectivity index (χ1v) is 8.80. The first-order chi connectivity index (χ1) is 12.6. The molecule has 0 aliphatic heterocycles. The van der Waals surface area contributed by atoms with Gasteiger partial charge in [0.25, 0.3) is 0 Å². The predicted octanol–water partition coefficient (Wildman–Crippen LogP) is 2.98. The van der Waals surface area contributed by atoms with Gasteiger partial charge >= 0.3 is 6.09 Å². The summed E-state index contributed by atoms with van der Waals surface area (Å²) < 4.78 is 13.3. The van der Waals surface area contributed by atoms with Gasteiger partial charge in [0.1, 0.15) is 11.4 Å². The van der Waals surface area contributed by atoms with Crippen LogP contribution in [-0.4, -0.2) is 32.9 Å². The van der Waals surface area contributed by atoms with E-state index in [0.717, 1.165) is 12.8 Å². The van der Waals surface area contributed by atoms with Gasteiger partial charge in [-0.1, -0.05) is 0 Å². The Morgan fingerprint density at radius 3 is 2.37 bits per heavy atom. The van der Waals surface area contributed by atoms with Crippen LogP contribution in [-0.2, 0) is 11.2 Å². The molecule has 1 heterocycles.